The van der Waals surface area contributed by atoms with Crippen LogP contribution in [0.1, 0.15) is 96.8 Å². The smallest absolute Gasteiger partial charge is 0.303 e. The van der Waals surface area contributed by atoms with Gasteiger partial charge in [0.15, 0.2) is 0 Å². The minimum atomic E-state index is -0.664. The predicted octanol–water partition coefficient (Wildman–Crippen LogP) is 5.88. The molecule has 0 aromatic rings. The predicted molar refractivity (Wildman–Crippen MR) is 95.7 cm³/mol. The molecule has 1 heterocycles. The van der Waals surface area contributed by atoms with Crippen molar-refractivity contribution < 1.29 is 14.6 Å². The Morgan fingerprint density at radius 3 is 2.00 bits per heavy atom. The highest BCUT2D eigenvalue weighted by molar-refractivity contribution is 5.66. The molecule has 1 rings (SSSR count). The zero-order valence-electron chi connectivity index (χ0n) is 15.0. The molecule has 0 amide bonds. The van der Waals surface area contributed by atoms with Crippen LogP contribution in [-0.4, -0.2) is 23.3 Å². The van der Waals surface area contributed by atoms with Crippen molar-refractivity contribution >= 4 is 5.97 Å². The molecule has 134 valence electrons. The minimum absolute atomic E-state index is 0.331. The van der Waals surface area contributed by atoms with E-state index < -0.39 is 5.97 Å². The summed E-state index contributed by atoms with van der Waals surface area (Å²) in [6.45, 7) is 2.20. The number of unbranched alkanes of at least 4 members (excludes halogenated alkanes) is 9. The number of hydrogen-bond acceptors (Lipinski definition) is 2. The summed E-state index contributed by atoms with van der Waals surface area (Å²) in [6.07, 6.45) is 21.8. The molecule has 0 saturated carbocycles. The van der Waals surface area contributed by atoms with Crippen LogP contribution in [0, 0.1) is 0 Å². The molecule has 1 aliphatic heterocycles. The molecular weight excluding hydrogens is 288 g/mol. The van der Waals surface area contributed by atoms with Crippen LogP contribution in [-0.2, 0) is 9.53 Å². The fourth-order valence-corrected chi connectivity index (χ4v) is 3.06. The van der Waals surface area contributed by atoms with E-state index in [-0.39, 0.29) is 0 Å². The Bertz CT molecular complexity index is 325. The van der Waals surface area contributed by atoms with E-state index in [2.05, 4.69) is 19.1 Å². The summed E-state index contributed by atoms with van der Waals surface area (Å²) in [6, 6.07) is 0. The highest BCUT2D eigenvalue weighted by Gasteiger charge is 2.35. The largest absolute Gasteiger partial charge is 0.481 e. The molecule has 0 aliphatic carbocycles. The summed E-state index contributed by atoms with van der Waals surface area (Å²) >= 11 is 0. The second kappa shape index (κ2) is 13.6. The van der Waals surface area contributed by atoms with Crippen molar-refractivity contribution in [1.82, 2.24) is 0 Å². The number of epoxide rings is 1. The Hall–Kier alpha value is -0.830. The van der Waals surface area contributed by atoms with Gasteiger partial charge in [-0.25, -0.2) is 0 Å². The molecule has 0 spiro atoms. The molecule has 1 saturated heterocycles. The van der Waals surface area contributed by atoms with E-state index in [0.717, 1.165) is 12.8 Å². The molecule has 0 aromatic carbocycles. The molecule has 3 nitrogen and oxygen atoms in total. The summed E-state index contributed by atoms with van der Waals surface area (Å²) < 4.78 is 5.55. The number of aliphatic carboxylic acids is 1. The van der Waals surface area contributed by atoms with E-state index in [1.807, 2.05) is 0 Å². The van der Waals surface area contributed by atoms with Gasteiger partial charge in [-0.05, 0) is 44.9 Å². The Kier molecular flexibility index (Phi) is 11.9. The first-order valence-corrected chi connectivity index (χ1v) is 9.76. The van der Waals surface area contributed by atoms with E-state index in [9.17, 15) is 4.79 Å². The first-order valence-electron chi connectivity index (χ1n) is 9.76. The fraction of sp³-hybridized carbons (Fsp3) is 0.850. The normalized spacial score (nSPS) is 20.2. The van der Waals surface area contributed by atoms with E-state index in [4.69, 9.17) is 9.84 Å². The van der Waals surface area contributed by atoms with Gasteiger partial charge in [0.2, 0.25) is 0 Å². The van der Waals surface area contributed by atoms with Gasteiger partial charge in [0.05, 0.1) is 12.2 Å². The number of rotatable bonds is 16. The Morgan fingerprint density at radius 2 is 1.43 bits per heavy atom. The average molecular weight is 325 g/mol. The SMILES string of the molecule is CCC1O[C@@H]1CCCC/C=C\CCCCCCCCCC(=O)O. The summed E-state index contributed by atoms with van der Waals surface area (Å²) in [5.74, 6) is -0.664. The van der Waals surface area contributed by atoms with Crippen molar-refractivity contribution in [2.45, 2.75) is 109 Å². The van der Waals surface area contributed by atoms with Crippen LogP contribution < -0.4 is 0 Å². The highest BCUT2D eigenvalue weighted by atomic mass is 16.6. The van der Waals surface area contributed by atoms with E-state index in [0.29, 0.717) is 18.6 Å². The summed E-state index contributed by atoms with van der Waals surface area (Å²) in [4.78, 5) is 10.4. The van der Waals surface area contributed by atoms with Crippen molar-refractivity contribution in [3.05, 3.63) is 12.2 Å². The number of hydrogen-bond donors (Lipinski definition) is 1. The van der Waals surface area contributed by atoms with E-state index in [1.54, 1.807) is 0 Å². The number of carboxylic acid groups (broad SMARTS) is 1. The van der Waals surface area contributed by atoms with Crippen LogP contribution in [0.4, 0.5) is 0 Å². The monoisotopic (exact) mass is 324 g/mol. The number of allylic oxidation sites excluding steroid dienone is 2. The van der Waals surface area contributed by atoms with Gasteiger partial charge in [0.25, 0.3) is 0 Å². The van der Waals surface area contributed by atoms with Crippen LogP contribution in [0.25, 0.3) is 0 Å². The number of carboxylic acids is 1. The van der Waals surface area contributed by atoms with Crippen molar-refractivity contribution in [3.63, 3.8) is 0 Å². The zero-order valence-corrected chi connectivity index (χ0v) is 15.0. The Labute approximate surface area is 142 Å². The Balaban J connectivity index is 1.71. The molecule has 1 fully saturated rings. The lowest BCUT2D eigenvalue weighted by atomic mass is 10.1. The van der Waals surface area contributed by atoms with Gasteiger partial charge in [-0.3, -0.25) is 4.79 Å². The average Bonchev–Trinajstić information content (AvgIpc) is 3.29. The molecule has 1 unspecified atom stereocenters. The minimum Gasteiger partial charge on any atom is -0.481 e. The molecule has 23 heavy (non-hydrogen) atoms. The highest BCUT2D eigenvalue weighted by Crippen LogP contribution is 2.29. The first kappa shape index (κ1) is 20.2. The lowest BCUT2D eigenvalue weighted by Gasteiger charge is -2.00. The quantitative estimate of drug-likeness (QED) is 0.219. The van der Waals surface area contributed by atoms with Crippen LogP contribution in [0.3, 0.4) is 0 Å². The topological polar surface area (TPSA) is 49.8 Å². The van der Waals surface area contributed by atoms with Gasteiger partial charge in [-0.1, -0.05) is 57.6 Å². The van der Waals surface area contributed by atoms with Gasteiger partial charge in [0.1, 0.15) is 0 Å². The molecular formula is C20H36O3. The van der Waals surface area contributed by atoms with Crippen LogP contribution in [0.15, 0.2) is 12.2 Å². The van der Waals surface area contributed by atoms with Gasteiger partial charge < -0.3 is 9.84 Å². The molecule has 0 radical (unpaired) electrons. The fourth-order valence-electron chi connectivity index (χ4n) is 3.06. The van der Waals surface area contributed by atoms with Crippen molar-refractivity contribution in [2.75, 3.05) is 0 Å². The van der Waals surface area contributed by atoms with Gasteiger partial charge in [0, 0.05) is 6.42 Å². The molecule has 1 aliphatic rings. The second-order valence-electron chi connectivity index (χ2n) is 6.78. The molecule has 1 N–H and O–H groups in total. The van der Waals surface area contributed by atoms with Crippen LogP contribution >= 0.6 is 0 Å². The maximum atomic E-state index is 10.4. The van der Waals surface area contributed by atoms with Gasteiger partial charge in [-0.15, -0.1) is 0 Å². The third-order valence-electron chi connectivity index (χ3n) is 4.63. The van der Waals surface area contributed by atoms with Gasteiger partial charge in [-0.2, -0.15) is 0 Å². The van der Waals surface area contributed by atoms with Gasteiger partial charge >= 0.3 is 5.97 Å². The Morgan fingerprint density at radius 1 is 0.870 bits per heavy atom. The summed E-state index contributed by atoms with van der Waals surface area (Å²) in [5, 5.41) is 8.54. The standard InChI is InChI=1S/C20H36O3/c1-2-18-19(23-18)16-14-12-10-8-6-4-3-5-7-9-11-13-15-17-20(21)22/h6,8,18-19H,2-5,7,9-17H2,1H3,(H,21,22)/b8-6-/t18?,19-/m1/s1. The third-order valence-corrected chi connectivity index (χ3v) is 4.63. The maximum absolute atomic E-state index is 10.4. The molecule has 0 bridgehead atoms. The molecule has 2 atom stereocenters. The number of ether oxygens (including phenoxy) is 1. The van der Waals surface area contributed by atoms with Crippen molar-refractivity contribution in [2.24, 2.45) is 0 Å². The first-order chi connectivity index (χ1) is 11.2. The second-order valence-corrected chi connectivity index (χ2v) is 6.78. The van der Waals surface area contributed by atoms with Crippen molar-refractivity contribution in [3.8, 4) is 0 Å². The van der Waals surface area contributed by atoms with Crippen LogP contribution in [0.2, 0.25) is 0 Å². The van der Waals surface area contributed by atoms with E-state index >= 15 is 0 Å². The van der Waals surface area contributed by atoms with Crippen molar-refractivity contribution in [1.29, 1.82) is 0 Å². The molecule has 3 heteroatoms. The van der Waals surface area contributed by atoms with E-state index in [1.165, 1.54) is 70.6 Å². The molecule has 0 aromatic heterocycles. The third kappa shape index (κ3) is 12.3. The lowest BCUT2D eigenvalue weighted by Crippen LogP contribution is -1.93. The van der Waals surface area contributed by atoms with Crippen LogP contribution in [0.5, 0.6) is 0 Å². The number of carbonyl (C=O) groups is 1. The lowest BCUT2D eigenvalue weighted by molar-refractivity contribution is -0.137. The summed E-state index contributed by atoms with van der Waals surface area (Å²) in [5.41, 5.74) is 0. The summed E-state index contributed by atoms with van der Waals surface area (Å²) in [7, 11) is 0. The maximum Gasteiger partial charge on any atom is 0.303 e. The zero-order chi connectivity index (χ0) is 16.8.